The molecule has 1 aromatic carbocycles. The summed E-state index contributed by atoms with van der Waals surface area (Å²) in [6.45, 7) is 4.79. The third-order valence-corrected chi connectivity index (χ3v) is 7.28. The molecule has 2 aromatic heterocycles. The zero-order valence-electron chi connectivity index (χ0n) is 21.3. The minimum absolute atomic E-state index is 0.0606. The third-order valence-electron chi connectivity index (χ3n) is 7.28. The van der Waals surface area contributed by atoms with Crippen molar-refractivity contribution in [2.24, 2.45) is 7.05 Å². The highest BCUT2D eigenvalue weighted by Crippen LogP contribution is 2.33. The molecule has 1 fully saturated rings. The van der Waals surface area contributed by atoms with Gasteiger partial charge in [-0.15, -0.1) is 0 Å². The highest BCUT2D eigenvalue weighted by molar-refractivity contribution is 5.89. The van der Waals surface area contributed by atoms with E-state index >= 15 is 0 Å². The number of fused-ring (bicyclic) bond motifs is 2. The zero-order chi connectivity index (χ0) is 25.2. The van der Waals surface area contributed by atoms with Crippen LogP contribution in [0.2, 0.25) is 0 Å². The Morgan fingerprint density at radius 2 is 2.14 bits per heavy atom. The number of methoxy groups -OCH3 is 1. The van der Waals surface area contributed by atoms with Crippen LogP contribution in [-0.4, -0.2) is 70.2 Å². The number of carboxylic acid groups (broad SMARTS) is 1. The molecule has 1 saturated heterocycles. The molecule has 0 radical (unpaired) electrons. The number of pyridine rings is 1. The van der Waals surface area contributed by atoms with Gasteiger partial charge in [-0.25, -0.2) is 4.98 Å². The first-order chi connectivity index (χ1) is 17.5. The summed E-state index contributed by atoms with van der Waals surface area (Å²) in [4.78, 5) is 19.0. The van der Waals surface area contributed by atoms with Crippen molar-refractivity contribution in [3.8, 4) is 5.75 Å². The molecule has 4 heterocycles. The Morgan fingerprint density at radius 3 is 2.92 bits per heavy atom. The van der Waals surface area contributed by atoms with E-state index in [4.69, 9.17) is 14.5 Å². The molecule has 192 valence electrons. The number of para-hydroxylation sites is 1. The van der Waals surface area contributed by atoms with Crippen molar-refractivity contribution < 1.29 is 19.4 Å². The zero-order valence-corrected chi connectivity index (χ0v) is 21.3. The number of ether oxygens (including phenoxy) is 2. The topological polar surface area (TPSA) is 102 Å². The van der Waals surface area contributed by atoms with Gasteiger partial charge in [0.05, 0.1) is 24.4 Å². The van der Waals surface area contributed by atoms with Crippen LogP contribution < -0.4 is 10.1 Å². The molecule has 5 rings (SSSR count). The van der Waals surface area contributed by atoms with Gasteiger partial charge in [0.2, 0.25) is 0 Å². The van der Waals surface area contributed by atoms with Gasteiger partial charge < -0.3 is 19.9 Å². The molecule has 1 atom stereocenters. The van der Waals surface area contributed by atoms with Crippen molar-refractivity contribution in [2.75, 3.05) is 38.7 Å². The lowest BCUT2D eigenvalue weighted by atomic mass is 9.98. The molecule has 0 saturated carbocycles. The van der Waals surface area contributed by atoms with E-state index in [0.29, 0.717) is 19.7 Å². The number of carboxylic acids is 1. The predicted molar refractivity (Wildman–Crippen MR) is 138 cm³/mol. The first-order valence-electron chi connectivity index (χ1n) is 12.8. The molecule has 0 spiro atoms. The molecule has 36 heavy (non-hydrogen) atoms. The molecule has 0 amide bonds. The monoisotopic (exact) mass is 493 g/mol. The van der Waals surface area contributed by atoms with Crippen LogP contribution in [0, 0.1) is 6.92 Å². The van der Waals surface area contributed by atoms with Crippen molar-refractivity contribution >= 4 is 22.7 Å². The normalized spacial score (nSPS) is 16.9. The predicted octanol–water partition coefficient (Wildman–Crippen LogP) is 3.49. The summed E-state index contributed by atoms with van der Waals surface area (Å²) in [6.07, 6.45) is 4.95. The van der Waals surface area contributed by atoms with Crippen LogP contribution in [0.4, 0.5) is 5.82 Å². The highest BCUT2D eigenvalue weighted by atomic mass is 16.5. The minimum atomic E-state index is -0.845. The number of aryl methyl sites for hydroxylation is 3. The summed E-state index contributed by atoms with van der Waals surface area (Å²) in [6, 6.07) is 7.16. The van der Waals surface area contributed by atoms with Gasteiger partial charge in [-0.05, 0) is 39.0 Å². The van der Waals surface area contributed by atoms with Crippen molar-refractivity contribution in [3.63, 3.8) is 0 Å². The van der Waals surface area contributed by atoms with E-state index in [1.165, 1.54) is 5.56 Å². The summed E-state index contributed by atoms with van der Waals surface area (Å²) in [5.41, 5.74) is 4.79. The Hall–Kier alpha value is -3.17. The van der Waals surface area contributed by atoms with E-state index in [2.05, 4.69) is 16.5 Å². The van der Waals surface area contributed by atoms with Gasteiger partial charge in [-0.1, -0.05) is 18.2 Å². The number of carbonyl (C=O) groups is 1. The van der Waals surface area contributed by atoms with Crippen LogP contribution in [0.25, 0.3) is 10.9 Å². The number of benzene rings is 1. The second-order valence-corrected chi connectivity index (χ2v) is 9.77. The van der Waals surface area contributed by atoms with Crippen LogP contribution in [0.5, 0.6) is 5.75 Å². The fourth-order valence-electron chi connectivity index (χ4n) is 5.46. The van der Waals surface area contributed by atoms with Crippen molar-refractivity contribution in [1.29, 1.82) is 0 Å². The van der Waals surface area contributed by atoms with E-state index in [1.807, 2.05) is 37.1 Å². The number of nitrogens with one attached hydrogen (secondary N) is 1. The standard InChI is InChI=1S/C27H35N5O4/c1-17-20-9-6-10-22(24(20)31(2)30-17)25(27(33)34)32-15-19(16-32)36-13-5-4-8-18-14-23(35-3)21-11-7-12-28-26(21)29-18/h6,9-10,14,19,25H,4-5,7-8,11-13,15-16H2,1-3H3,(H,28,29)(H,33,34). The van der Waals surface area contributed by atoms with Crippen LogP contribution in [0.3, 0.4) is 0 Å². The van der Waals surface area contributed by atoms with Gasteiger partial charge in [0.1, 0.15) is 17.6 Å². The molecule has 1 unspecified atom stereocenters. The molecule has 2 aliphatic heterocycles. The first kappa shape index (κ1) is 24.5. The van der Waals surface area contributed by atoms with Crippen molar-refractivity contribution in [3.05, 3.63) is 46.8 Å². The fourth-order valence-corrected chi connectivity index (χ4v) is 5.46. The second-order valence-electron chi connectivity index (χ2n) is 9.77. The Morgan fingerprint density at radius 1 is 1.31 bits per heavy atom. The number of likely N-dealkylation sites (tertiary alicyclic amines) is 1. The van der Waals surface area contributed by atoms with E-state index < -0.39 is 12.0 Å². The molecule has 9 nitrogen and oxygen atoms in total. The van der Waals surface area contributed by atoms with Crippen LogP contribution in [0.15, 0.2) is 24.3 Å². The molecule has 0 bridgehead atoms. The molecule has 2 N–H and O–H groups in total. The van der Waals surface area contributed by atoms with E-state index in [1.54, 1.807) is 11.8 Å². The number of anilines is 1. The SMILES string of the molecule is COc1cc(CCCCOC2CN(C(C(=O)O)c3cccc4c(C)nn(C)c34)C2)nc2c1CCCN2. The number of aromatic nitrogens is 3. The van der Waals surface area contributed by atoms with Crippen LogP contribution in [-0.2, 0) is 29.4 Å². The van der Waals surface area contributed by atoms with Gasteiger partial charge in [-0.2, -0.15) is 5.10 Å². The summed E-state index contributed by atoms with van der Waals surface area (Å²) in [7, 11) is 3.59. The van der Waals surface area contributed by atoms with Gasteiger partial charge in [0.25, 0.3) is 0 Å². The van der Waals surface area contributed by atoms with E-state index in [-0.39, 0.29) is 6.10 Å². The average Bonchev–Trinajstić information content (AvgIpc) is 3.14. The van der Waals surface area contributed by atoms with Gasteiger partial charge in [-0.3, -0.25) is 14.4 Å². The fraction of sp³-hybridized carbons (Fsp3) is 0.519. The lowest BCUT2D eigenvalue weighted by Gasteiger charge is -2.42. The van der Waals surface area contributed by atoms with Crippen molar-refractivity contribution in [1.82, 2.24) is 19.7 Å². The number of nitrogens with zero attached hydrogens (tertiary/aromatic N) is 4. The Kier molecular flexibility index (Phi) is 7.11. The van der Waals surface area contributed by atoms with E-state index in [0.717, 1.165) is 78.1 Å². The molecular weight excluding hydrogens is 458 g/mol. The highest BCUT2D eigenvalue weighted by Gasteiger charge is 2.39. The van der Waals surface area contributed by atoms with Crippen molar-refractivity contribution in [2.45, 2.75) is 51.2 Å². The number of unbranched alkanes of at least 4 members (excludes halogenated alkanes) is 1. The maximum atomic E-state index is 12.2. The largest absolute Gasteiger partial charge is 0.496 e. The van der Waals surface area contributed by atoms with Crippen LogP contribution in [0.1, 0.15) is 47.8 Å². The Labute approximate surface area is 211 Å². The second kappa shape index (κ2) is 10.4. The summed E-state index contributed by atoms with van der Waals surface area (Å²) in [5.74, 6) is 1.05. The Balaban J connectivity index is 1.11. The molecule has 9 heteroatoms. The Bertz CT molecular complexity index is 1230. The third kappa shape index (κ3) is 4.77. The summed E-state index contributed by atoms with van der Waals surface area (Å²) >= 11 is 0. The number of hydrogen-bond acceptors (Lipinski definition) is 7. The van der Waals surface area contributed by atoms with Gasteiger partial charge in [0.15, 0.2) is 0 Å². The number of rotatable bonds is 10. The quantitative estimate of drug-likeness (QED) is 0.414. The average molecular weight is 494 g/mol. The number of aliphatic carboxylic acids is 1. The lowest BCUT2D eigenvalue weighted by Crippen LogP contribution is -2.55. The molecular formula is C27H35N5O4. The lowest BCUT2D eigenvalue weighted by molar-refractivity contribution is -0.150. The van der Waals surface area contributed by atoms with Gasteiger partial charge in [0, 0.05) is 61.6 Å². The summed E-state index contributed by atoms with van der Waals surface area (Å²) in [5, 5.41) is 18.9. The molecule has 3 aromatic rings. The molecule has 2 aliphatic rings. The number of hydrogen-bond donors (Lipinski definition) is 2. The smallest absolute Gasteiger partial charge is 0.325 e. The maximum Gasteiger partial charge on any atom is 0.325 e. The van der Waals surface area contributed by atoms with E-state index in [9.17, 15) is 9.90 Å². The minimum Gasteiger partial charge on any atom is -0.496 e. The van der Waals surface area contributed by atoms with Crippen LogP contribution >= 0.6 is 0 Å². The summed E-state index contributed by atoms with van der Waals surface area (Å²) < 4.78 is 13.4. The maximum absolute atomic E-state index is 12.2. The van der Waals surface area contributed by atoms with Gasteiger partial charge >= 0.3 is 5.97 Å². The first-order valence-corrected chi connectivity index (χ1v) is 12.8. The molecule has 0 aliphatic carbocycles.